The first-order valence-electron chi connectivity index (χ1n) is 10.8. The van der Waals surface area contributed by atoms with Crippen molar-refractivity contribution in [3.8, 4) is 0 Å². The topological polar surface area (TPSA) is 106 Å². The predicted octanol–water partition coefficient (Wildman–Crippen LogP) is 1.90. The Kier molecular flexibility index (Phi) is 5.93. The molecule has 1 aliphatic heterocycles. The third kappa shape index (κ3) is 3.87. The van der Waals surface area contributed by atoms with Crippen LogP contribution < -0.4 is 5.56 Å². The number of piperazine rings is 1. The number of amides is 2. The van der Waals surface area contributed by atoms with Crippen molar-refractivity contribution in [3.05, 3.63) is 71.4 Å². The molecular formula is C23H22N6O4S. The van der Waals surface area contributed by atoms with Crippen molar-refractivity contribution in [2.75, 3.05) is 31.9 Å². The smallest absolute Gasteiger partial charge is 0.289 e. The Morgan fingerprint density at radius 3 is 2.56 bits per heavy atom. The molecule has 0 bridgehead atoms. The highest BCUT2D eigenvalue weighted by atomic mass is 32.2. The second-order valence-corrected chi connectivity index (χ2v) is 8.72. The Labute approximate surface area is 198 Å². The van der Waals surface area contributed by atoms with Crippen molar-refractivity contribution in [1.82, 2.24) is 29.0 Å². The largest absolute Gasteiger partial charge is 0.459 e. The number of allylic oxidation sites excluding steroid dienone is 1. The van der Waals surface area contributed by atoms with Crippen LogP contribution in [0.2, 0.25) is 0 Å². The number of nitrogens with zero attached hydrogens (tertiary/aromatic N) is 6. The Balaban J connectivity index is 1.31. The fourth-order valence-corrected chi connectivity index (χ4v) is 4.90. The van der Waals surface area contributed by atoms with Crippen molar-refractivity contribution < 1.29 is 14.0 Å². The molecule has 2 amide bonds. The van der Waals surface area contributed by atoms with Gasteiger partial charge in [-0.1, -0.05) is 30.0 Å². The summed E-state index contributed by atoms with van der Waals surface area (Å²) in [4.78, 5) is 41.6. The van der Waals surface area contributed by atoms with Crippen molar-refractivity contribution in [2.24, 2.45) is 0 Å². The molecule has 0 radical (unpaired) electrons. The number of thioether (sulfide) groups is 1. The van der Waals surface area contributed by atoms with Crippen molar-refractivity contribution in [2.45, 2.75) is 11.7 Å². The maximum atomic E-state index is 12.9. The van der Waals surface area contributed by atoms with E-state index in [4.69, 9.17) is 4.42 Å². The lowest BCUT2D eigenvalue weighted by atomic mass is 10.2. The van der Waals surface area contributed by atoms with E-state index in [0.29, 0.717) is 60.3 Å². The van der Waals surface area contributed by atoms with E-state index in [-0.39, 0.29) is 23.1 Å². The number of fused-ring (bicyclic) bond motifs is 3. The predicted molar refractivity (Wildman–Crippen MR) is 127 cm³/mol. The van der Waals surface area contributed by atoms with Crippen LogP contribution in [0.1, 0.15) is 10.6 Å². The number of furan rings is 1. The third-order valence-corrected chi connectivity index (χ3v) is 6.68. The van der Waals surface area contributed by atoms with Gasteiger partial charge in [0.15, 0.2) is 10.9 Å². The number of aromatic nitrogens is 4. The van der Waals surface area contributed by atoms with Crippen LogP contribution in [0.25, 0.3) is 16.7 Å². The molecule has 0 aliphatic carbocycles. The highest BCUT2D eigenvalue weighted by Gasteiger charge is 2.26. The first kappa shape index (κ1) is 22.0. The van der Waals surface area contributed by atoms with Gasteiger partial charge in [-0.25, -0.2) is 0 Å². The highest BCUT2D eigenvalue weighted by molar-refractivity contribution is 7.99. The molecule has 1 fully saturated rings. The Morgan fingerprint density at radius 2 is 1.82 bits per heavy atom. The summed E-state index contributed by atoms with van der Waals surface area (Å²) in [5, 5.41) is 9.56. The average Bonchev–Trinajstić information content (AvgIpc) is 3.55. The molecule has 0 saturated carbocycles. The molecule has 3 aromatic heterocycles. The molecule has 1 aromatic carbocycles. The molecule has 34 heavy (non-hydrogen) atoms. The molecule has 4 aromatic rings. The van der Waals surface area contributed by atoms with Gasteiger partial charge in [0.25, 0.3) is 11.5 Å². The zero-order valence-electron chi connectivity index (χ0n) is 18.3. The number of para-hydroxylation sites is 1. The van der Waals surface area contributed by atoms with Crippen molar-refractivity contribution >= 4 is 40.3 Å². The van der Waals surface area contributed by atoms with Crippen LogP contribution in [-0.2, 0) is 11.3 Å². The van der Waals surface area contributed by atoms with E-state index in [1.54, 1.807) is 38.5 Å². The van der Waals surface area contributed by atoms with Gasteiger partial charge in [0, 0.05) is 32.7 Å². The summed E-state index contributed by atoms with van der Waals surface area (Å²) < 4.78 is 8.50. The summed E-state index contributed by atoms with van der Waals surface area (Å²) in [6.07, 6.45) is 3.11. The molecular weight excluding hydrogens is 456 g/mol. The van der Waals surface area contributed by atoms with E-state index in [0.717, 1.165) is 0 Å². The molecule has 4 heterocycles. The van der Waals surface area contributed by atoms with Gasteiger partial charge in [0.1, 0.15) is 0 Å². The van der Waals surface area contributed by atoms with Crippen molar-refractivity contribution in [1.29, 1.82) is 0 Å². The number of hydrogen-bond donors (Lipinski definition) is 0. The Hall–Kier alpha value is -3.86. The van der Waals surface area contributed by atoms with Crippen LogP contribution in [0.3, 0.4) is 0 Å². The lowest BCUT2D eigenvalue weighted by Gasteiger charge is -2.34. The molecule has 0 atom stereocenters. The van der Waals surface area contributed by atoms with Crippen LogP contribution in [0.5, 0.6) is 0 Å². The summed E-state index contributed by atoms with van der Waals surface area (Å²) in [6, 6.07) is 10.6. The van der Waals surface area contributed by atoms with Crippen molar-refractivity contribution in [3.63, 3.8) is 0 Å². The average molecular weight is 479 g/mol. The van der Waals surface area contributed by atoms with Gasteiger partial charge in [-0.15, -0.1) is 16.8 Å². The molecule has 1 aliphatic rings. The summed E-state index contributed by atoms with van der Waals surface area (Å²) in [5.74, 6) is 0.663. The molecule has 0 spiro atoms. The third-order valence-electron chi connectivity index (χ3n) is 5.77. The van der Waals surface area contributed by atoms with E-state index >= 15 is 0 Å². The first-order chi connectivity index (χ1) is 16.6. The summed E-state index contributed by atoms with van der Waals surface area (Å²) >= 11 is 1.27. The molecule has 5 rings (SSSR count). The van der Waals surface area contributed by atoms with Gasteiger partial charge in [0.05, 0.1) is 22.9 Å². The van der Waals surface area contributed by atoms with E-state index in [1.165, 1.54) is 22.6 Å². The van der Waals surface area contributed by atoms with Crippen LogP contribution in [-0.4, -0.2) is 72.7 Å². The summed E-state index contributed by atoms with van der Waals surface area (Å²) in [7, 11) is 0. The molecule has 11 heteroatoms. The zero-order valence-corrected chi connectivity index (χ0v) is 19.1. The number of carbonyl (C=O) groups excluding carboxylic acids is 2. The minimum Gasteiger partial charge on any atom is -0.459 e. The van der Waals surface area contributed by atoms with Crippen LogP contribution in [0, 0.1) is 0 Å². The second-order valence-electron chi connectivity index (χ2n) is 7.78. The van der Waals surface area contributed by atoms with Gasteiger partial charge < -0.3 is 14.2 Å². The van der Waals surface area contributed by atoms with Crippen LogP contribution in [0.4, 0.5) is 0 Å². The van der Waals surface area contributed by atoms with Gasteiger partial charge in [-0.3, -0.25) is 23.4 Å². The molecule has 0 unspecified atom stereocenters. The van der Waals surface area contributed by atoms with Gasteiger partial charge >= 0.3 is 0 Å². The normalized spacial score (nSPS) is 14.1. The Morgan fingerprint density at radius 1 is 1.06 bits per heavy atom. The van der Waals surface area contributed by atoms with E-state index in [1.807, 2.05) is 18.2 Å². The quantitative estimate of drug-likeness (QED) is 0.308. The van der Waals surface area contributed by atoms with Crippen LogP contribution >= 0.6 is 11.8 Å². The lowest BCUT2D eigenvalue weighted by Crippen LogP contribution is -2.51. The maximum absolute atomic E-state index is 12.9. The monoisotopic (exact) mass is 478 g/mol. The van der Waals surface area contributed by atoms with E-state index < -0.39 is 0 Å². The Bertz CT molecular complexity index is 1430. The maximum Gasteiger partial charge on any atom is 0.289 e. The number of hydrogen-bond acceptors (Lipinski definition) is 7. The highest BCUT2D eigenvalue weighted by Crippen LogP contribution is 2.22. The fraction of sp³-hybridized carbons (Fsp3) is 0.261. The SMILES string of the molecule is C=CCn1c(=O)c2ccccc2n2c(SCC(=O)N3CCN(C(=O)c4ccco4)CC3)nnc12. The number of carbonyl (C=O) groups is 2. The standard InChI is InChI=1S/C23H22N6O4S/c1-2-9-28-20(31)16-6-3-4-7-17(16)29-22(28)24-25-23(29)34-15-19(30)26-10-12-27(13-11-26)21(32)18-8-5-14-33-18/h2-8,14H,1,9-13,15H2. The second kappa shape index (κ2) is 9.18. The molecule has 174 valence electrons. The zero-order chi connectivity index (χ0) is 23.7. The minimum absolute atomic E-state index is 0.0458. The summed E-state index contributed by atoms with van der Waals surface area (Å²) in [5.41, 5.74) is 0.526. The van der Waals surface area contributed by atoms with Gasteiger partial charge in [-0.2, -0.15) is 0 Å². The number of rotatable bonds is 6. The molecule has 1 saturated heterocycles. The molecule has 10 nitrogen and oxygen atoms in total. The fourth-order valence-electron chi connectivity index (χ4n) is 4.05. The summed E-state index contributed by atoms with van der Waals surface area (Å²) in [6.45, 7) is 5.83. The van der Waals surface area contributed by atoms with Gasteiger partial charge in [0.2, 0.25) is 11.7 Å². The number of benzene rings is 1. The minimum atomic E-state index is -0.168. The van der Waals surface area contributed by atoms with E-state index in [2.05, 4.69) is 16.8 Å². The lowest BCUT2D eigenvalue weighted by molar-refractivity contribution is -0.129. The first-order valence-corrected chi connectivity index (χ1v) is 11.8. The molecule has 0 N–H and O–H groups in total. The van der Waals surface area contributed by atoms with E-state index in [9.17, 15) is 14.4 Å². The van der Waals surface area contributed by atoms with Crippen LogP contribution in [0.15, 0.2) is 69.7 Å². The van der Waals surface area contributed by atoms with Gasteiger partial charge in [-0.05, 0) is 24.3 Å².